The lowest BCUT2D eigenvalue weighted by atomic mass is 10.0. The molecule has 1 aromatic rings. The van der Waals surface area contributed by atoms with Crippen molar-refractivity contribution in [1.29, 1.82) is 0 Å². The highest BCUT2D eigenvalue weighted by Gasteiger charge is 2.18. The van der Waals surface area contributed by atoms with Gasteiger partial charge in [-0.05, 0) is 19.9 Å². The molecule has 0 aliphatic heterocycles. The molecule has 1 rings (SSSR count). The van der Waals surface area contributed by atoms with Crippen LogP contribution in [0.1, 0.15) is 20.8 Å². The molecular weight excluding hydrogens is 204 g/mol. The number of hydrogen-bond acceptors (Lipinski definition) is 3. The fraction of sp³-hybridized carbons (Fsp3) is 0.636. The number of nitrogens with one attached hydrogen (secondary N) is 1. The molecule has 5 heteroatoms. The molecule has 0 fully saturated rings. The van der Waals surface area contributed by atoms with Gasteiger partial charge in [-0.15, -0.1) is 0 Å². The lowest BCUT2D eigenvalue weighted by Gasteiger charge is -2.19. The fourth-order valence-corrected chi connectivity index (χ4v) is 1.35. The second-order valence-electron chi connectivity index (χ2n) is 4.29. The molecular formula is C11H20N4O. The number of carbonyl (C=O) groups is 1. The van der Waals surface area contributed by atoms with Gasteiger partial charge in [-0.3, -0.25) is 9.48 Å². The summed E-state index contributed by atoms with van der Waals surface area (Å²) in [5, 5.41) is 7.00. The van der Waals surface area contributed by atoms with Crippen LogP contribution in [0.15, 0.2) is 18.5 Å². The predicted molar refractivity (Wildman–Crippen MR) is 62.6 cm³/mol. The number of nitrogens with zero attached hydrogens (tertiary/aromatic N) is 2. The standard InChI is InChI=1S/C11H20N4O/c1-8(7-15-6-4-5-13-15)14-11(16)9(2)10(3)12/h4-6,8-10H,7,12H2,1-3H3,(H,14,16). The minimum Gasteiger partial charge on any atom is -0.352 e. The Morgan fingerprint density at radius 3 is 2.69 bits per heavy atom. The van der Waals surface area contributed by atoms with Gasteiger partial charge in [-0.1, -0.05) is 6.92 Å². The number of amides is 1. The van der Waals surface area contributed by atoms with E-state index in [0.29, 0.717) is 6.54 Å². The maximum Gasteiger partial charge on any atom is 0.224 e. The summed E-state index contributed by atoms with van der Waals surface area (Å²) in [6.07, 6.45) is 3.59. The minimum absolute atomic E-state index is 0.00495. The van der Waals surface area contributed by atoms with Gasteiger partial charge in [0.1, 0.15) is 0 Å². The average molecular weight is 224 g/mol. The van der Waals surface area contributed by atoms with Crippen molar-refractivity contribution < 1.29 is 4.79 Å². The molecule has 0 aliphatic rings. The lowest BCUT2D eigenvalue weighted by Crippen LogP contribution is -2.43. The van der Waals surface area contributed by atoms with E-state index in [1.807, 2.05) is 33.0 Å². The molecule has 0 aliphatic carbocycles. The Morgan fingerprint density at radius 2 is 2.19 bits per heavy atom. The summed E-state index contributed by atoms with van der Waals surface area (Å²) in [6.45, 7) is 6.29. The number of hydrogen-bond donors (Lipinski definition) is 2. The van der Waals surface area contributed by atoms with Crippen LogP contribution in [0.4, 0.5) is 0 Å². The SMILES string of the molecule is CC(Cn1cccn1)NC(=O)C(C)C(C)N. The molecule has 16 heavy (non-hydrogen) atoms. The Bertz CT molecular complexity index is 321. The monoisotopic (exact) mass is 224 g/mol. The third-order valence-corrected chi connectivity index (χ3v) is 2.61. The zero-order valence-corrected chi connectivity index (χ0v) is 10.1. The van der Waals surface area contributed by atoms with Gasteiger partial charge < -0.3 is 11.1 Å². The average Bonchev–Trinajstić information content (AvgIpc) is 2.68. The van der Waals surface area contributed by atoms with Gasteiger partial charge in [-0.25, -0.2) is 0 Å². The van der Waals surface area contributed by atoms with Crippen LogP contribution in [0.3, 0.4) is 0 Å². The van der Waals surface area contributed by atoms with Gasteiger partial charge in [0.2, 0.25) is 5.91 Å². The van der Waals surface area contributed by atoms with Gasteiger partial charge in [-0.2, -0.15) is 5.10 Å². The Hall–Kier alpha value is -1.36. The molecule has 3 atom stereocenters. The zero-order chi connectivity index (χ0) is 12.1. The van der Waals surface area contributed by atoms with Crippen molar-refractivity contribution in [2.45, 2.75) is 39.4 Å². The summed E-state index contributed by atoms with van der Waals surface area (Å²) in [5.41, 5.74) is 5.67. The summed E-state index contributed by atoms with van der Waals surface area (Å²) in [6, 6.07) is 1.78. The lowest BCUT2D eigenvalue weighted by molar-refractivity contribution is -0.125. The first-order valence-electron chi connectivity index (χ1n) is 5.54. The largest absolute Gasteiger partial charge is 0.352 e. The highest BCUT2D eigenvalue weighted by molar-refractivity contribution is 5.79. The van der Waals surface area contributed by atoms with Gasteiger partial charge in [0.25, 0.3) is 0 Å². The smallest absolute Gasteiger partial charge is 0.224 e. The van der Waals surface area contributed by atoms with Crippen LogP contribution in [0.2, 0.25) is 0 Å². The van der Waals surface area contributed by atoms with Crippen LogP contribution in [0.25, 0.3) is 0 Å². The van der Waals surface area contributed by atoms with Crippen LogP contribution in [0, 0.1) is 5.92 Å². The molecule has 0 saturated heterocycles. The van der Waals surface area contributed by atoms with Crippen LogP contribution >= 0.6 is 0 Å². The maximum atomic E-state index is 11.7. The Kier molecular flexibility index (Phi) is 4.49. The van der Waals surface area contributed by atoms with Crippen molar-refractivity contribution >= 4 is 5.91 Å². The molecule has 3 unspecified atom stereocenters. The molecule has 1 aromatic heterocycles. The molecule has 3 N–H and O–H groups in total. The van der Waals surface area contributed by atoms with Crippen molar-refractivity contribution in [3.05, 3.63) is 18.5 Å². The molecule has 5 nitrogen and oxygen atoms in total. The Balaban J connectivity index is 2.39. The summed E-state index contributed by atoms with van der Waals surface area (Å²) in [5.74, 6) is -0.172. The molecule has 0 saturated carbocycles. The molecule has 90 valence electrons. The number of rotatable bonds is 5. The van der Waals surface area contributed by atoms with Crippen molar-refractivity contribution in [3.63, 3.8) is 0 Å². The maximum absolute atomic E-state index is 11.7. The third kappa shape index (κ3) is 3.66. The predicted octanol–water partition coefficient (Wildman–Crippen LogP) is 0.371. The van der Waals surface area contributed by atoms with E-state index in [1.165, 1.54) is 0 Å². The molecule has 1 heterocycles. The van der Waals surface area contributed by atoms with Crippen LogP contribution < -0.4 is 11.1 Å². The first kappa shape index (κ1) is 12.7. The summed E-state index contributed by atoms with van der Waals surface area (Å²) >= 11 is 0. The van der Waals surface area contributed by atoms with E-state index in [-0.39, 0.29) is 23.9 Å². The highest BCUT2D eigenvalue weighted by atomic mass is 16.1. The van der Waals surface area contributed by atoms with Crippen LogP contribution in [-0.4, -0.2) is 27.8 Å². The van der Waals surface area contributed by atoms with E-state index < -0.39 is 0 Å². The van der Waals surface area contributed by atoms with Crippen LogP contribution in [-0.2, 0) is 11.3 Å². The van der Waals surface area contributed by atoms with Gasteiger partial charge in [0, 0.05) is 30.4 Å². The fourth-order valence-electron chi connectivity index (χ4n) is 1.35. The van der Waals surface area contributed by atoms with E-state index in [4.69, 9.17) is 5.73 Å². The van der Waals surface area contributed by atoms with Crippen molar-refractivity contribution in [2.75, 3.05) is 0 Å². The molecule has 0 spiro atoms. The first-order valence-corrected chi connectivity index (χ1v) is 5.54. The van der Waals surface area contributed by atoms with Gasteiger partial charge >= 0.3 is 0 Å². The zero-order valence-electron chi connectivity index (χ0n) is 10.1. The topological polar surface area (TPSA) is 72.9 Å². The molecule has 0 radical (unpaired) electrons. The number of carbonyl (C=O) groups excluding carboxylic acids is 1. The van der Waals surface area contributed by atoms with Crippen molar-refractivity contribution in [3.8, 4) is 0 Å². The second kappa shape index (κ2) is 5.65. The first-order chi connectivity index (χ1) is 7.50. The number of aromatic nitrogens is 2. The third-order valence-electron chi connectivity index (χ3n) is 2.61. The van der Waals surface area contributed by atoms with E-state index >= 15 is 0 Å². The summed E-state index contributed by atoms with van der Waals surface area (Å²) in [7, 11) is 0. The normalized spacial score (nSPS) is 16.5. The minimum atomic E-state index is -0.167. The Morgan fingerprint density at radius 1 is 1.50 bits per heavy atom. The van der Waals surface area contributed by atoms with Gasteiger partial charge in [0.15, 0.2) is 0 Å². The second-order valence-corrected chi connectivity index (χ2v) is 4.29. The summed E-state index contributed by atoms with van der Waals surface area (Å²) in [4.78, 5) is 11.7. The highest BCUT2D eigenvalue weighted by Crippen LogP contribution is 2.01. The molecule has 1 amide bonds. The van der Waals surface area contributed by atoms with Gasteiger partial charge in [0.05, 0.1) is 6.54 Å². The summed E-state index contributed by atoms with van der Waals surface area (Å²) < 4.78 is 1.79. The molecule has 0 bridgehead atoms. The van der Waals surface area contributed by atoms with Crippen LogP contribution in [0.5, 0.6) is 0 Å². The van der Waals surface area contributed by atoms with E-state index in [0.717, 1.165) is 0 Å². The Labute approximate surface area is 96.0 Å². The van der Waals surface area contributed by atoms with Crippen molar-refractivity contribution in [1.82, 2.24) is 15.1 Å². The number of nitrogens with two attached hydrogens (primary N) is 1. The van der Waals surface area contributed by atoms with E-state index in [2.05, 4.69) is 10.4 Å². The molecule has 0 aromatic carbocycles. The van der Waals surface area contributed by atoms with Crippen molar-refractivity contribution in [2.24, 2.45) is 11.7 Å². The van der Waals surface area contributed by atoms with E-state index in [1.54, 1.807) is 10.9 Å². The van der Waals surface area contributed by atoms with E-state index in [9.17, 15) is 4.79 Å². The quantitative estimate of drug-likeness (QED) is 0.759.